The molecule has 3 atom stereocenters. The minimum absolute atomic E-state index is 0. The molecular weight excluding hydrogens is 468 g/mol. The molecule has 35 heavy (non-hydrogen) atoms. The molecular formula is C24H32N6O4S. The Morgan fingerprint density at radius 3 is 2.71 bits per heavy atom. The van der Waals surface area contributed by atoms with E-state index in [1.165, 1.54) is 6.20 Å². The summed E-state index contributed by atoms with van der Waals surface area (Å²) in [5, 5.41) is 30.4. The smallest absolute Gasteiger partial charge is 0.254 e. The number of carbonyl (C=O) groups is 1. The highest BCUT2D eigenvalue weighted by Gasteiger charge is 2.55. The largest absolute Gasteiger partial charge is 0.489 e. The fourth-order valence-electron chi connectivity index (χ4n) is 6.59. The molecule has 188 valence electrons. The standard InChI is InChI=1S/C24H30N6O4.H2S/c25-21(33)17-10-27-23(28-15-1-2-19-18(5-15)26-9-16(31)11-34-19)29-22(17)30-24-6-12-3-13(7-24)20(32)14(4-12)8-24;/h1-2,5,10,12-14,16,20,26,31-32H,3-4,6-9,11H2,(H2,25,33)(H2,27,28,29,30);1H2/t12?,13?,14?,16-,20?,24?;/m0./s1. The van der Waals surface area contributed by atoms with Crippen LogP contribution in [0.2, 0.25) is 0 Å². The van der Waals surface area contributed by atoms with Gasteiger partial charge in [0.2, 0.25) is 5.95 Å². The molecule has 10 nitrogen and oxygen atoms in total. The first kappa shape index (κ1) is 24.0. The zero-order valence-electron chi connectivity index (χ0n) is 19.3. The SMILES string of the molecule is NC(=O)c1cnc(Nc2ccc3c(c2)NC[C@H](O)CO3)nc1NC12CC3CC(C1)C(O)C(C3)C2.S. The Balaban J connectivity index is 0.00000253. The van der Waals surface area contributed by atoms with Crippen LogP contribution in [0.5, 0.6) is 5.75 Å². The molecule has 4 saturated carbocycles. The summed E-state index contributed by atoms with van der Waals surface area (Å²) in [6, 6.07) is 5.53. The Morgan fingerprint density at radius 2 is 1.97 bits per heavy atom. The van der Waals surface area contributed by atoms with Gasteiger partial charge in [0.25, 0.3) is 5.91 Å². The van der Waals surface area contributed by atoms with Crippen molar-refractivity contribution >= 4 is 42.5 Å². The van der Waals surface area contributed by atoms with E-state index in [4.69, 9.17) is 10.5 Å². The zero-order valence-corrected chi connectivity index (χ0v) is 20.3. The van der Waals surface area contributed by atoms with Gasteiger partial charge in [0.15, 0.2) is 0 Å². The van der Waals surface area contributed by atoms with Crippen molar-refractivity contribution in [1.29, 1.82) is 0 Å². The predicted molar refractivity (Wildman–Crippen MR) is 137 cm³/mol. The fourth-order valence-corrected chi connectivity index (χ4v) is 6.59. The lowest BCUT2D eigenvalue weighted by atomic mass is 9.52. The minimum Gasteiger partial charge on any atom is -0.489 e. The first-order valence-corrected chi connectivity index (χ1v) is 12.0. The number of nitrogens with two attached hydrogens (primary N) is 1. The van der Waals surface area contributed by atoms with E-state index in [1.54, 1.807) is 0 Å². The third-order valence-electron chi connectivity index (χ3n) is 7.86. The average molecular weight is 501 g/mol. The molecule has 4 aliphatic carbocycles. The summed E-state index contributed by atoms with van der Waals surface area (Å²) in [6.07, 6.45) is 5.56. The van der Waals surface area contributed by atoms with E-state index in [1.807, 2.05) is 18.2 Å². The Kier molecular flexibility index (Phi) is 6.18. The number of fused-ring (bicyclic) bond motifs is 1. The Morgan fingerprint density at radius 1 is 1.20 bits per heavy atom. The number of aromatic nitrogens is 2. The number of anilines is 4. The molecule has 0 spiro atoms. The Labute approximate surface area is 210 Å². The third-order valence-corrected chi connectivity index (χ3v) is 7.86. The minimum atomic E-state index is -0.580. The summed E-state index contributed by atoms with van der Waals surface area (Å²) >= 11 is 0. The zero-order chi connectivity index (χ0) is 23.4. The number of nitrogens with zero attached hydrogens (tertiary/aromatic N) is 2. The van der Waals surface area contributed by atoms with Crippen LogP contribution in [0.1, 0.15) is 42.5 Å². The monoisotopic (exact) mass is 500 g/mol. The van der Waals surface area contributed by atoms with Crippen LogP contribution in [0.4, 0.5) is 23.1 Å². The number of carbonyl (C=O) groups excluding carboxylic acids is 1. The van der Waals surface area contributed by atoms with Crippen molar-refractivity contribution in [1.82, 2.24) is 9.97 Å². The highest BCUT2D eigenvalue weighted by molar-refractivity contribution is 7.59. The second-order valence-electron chi connectivity index (χ2n) is 10.4. The molecule has 1 aromatic carbocycles. The second-order valence-corrected chi connectivity index (χ2v) is 10.4. The molecule has 7 rings (SSSR count). The molecule has 1 amide bonds. The molecule has 5 aliphatic rings. The quantitative estimate of drug-likeness (QED) is 0.361. The lowest BCUT2D eigenvalue weighted by Crippen LogP contribution is -2.60. The molecule has 11 heteroatoms. The maximum absolute atomic E-state index is 12.1. The van der Waals surface area contributed by atoms with Gasteiger partial charge in [-0.1, -0.05) is 0 Å². The maximum atomic E-state index is 12.1. The molecule has 2 heterocycles. The van der Waals surface area contributed by atoms with Crippen LogP contribution < -0.4 is 26.4 Å². The number of hydrogen-bond donors (Lipinski definition) is 6. The van der Waals surface area contributed by atoms with Crippen LogP contribution in [-0.2, 0) is 0 Å². The van der Waals surface area contributed by atoms with E-state index in [9.17, 15) is 15.0 Å². The molecule has 2 aromatic rings. The second kappa shape index (κ2) is 9.03. The van der Waals surface area contributed by atoms with Crippen molar-refractivity contribution in [2.45, 2.75) is 49.9 Å². The highest BCUT2D eigenvalue weighted by atomic mass is 32.1. The summed E-state index contributed by atoms with van der Waals surface area (Å²) in [6.45, 7) is 0.634. The van der Waals surface area contributed by atoms with Crippen molar-refractivity contribution in [3.8, 4) is 5.75 Å². The van der Waals surface area contributed by atoms with Gasteiger partial charge in [-0.2, -0.15) is 18.5 Å². The predicted octanol–water partition coefficient (Wildman–Crippen LogP) is 1.95. The van der Waals surface area contributed by atoms with Gasteiger partial charge in [0.05, 0.1) is 17.4 Å². The molecule has 0 saturated heterocycles. The van der Waals surface area contributed by atoms with Crippen LogP contribution in [0.15, 0.2) is 24.4 Å². The van der Waals surface area contributed by atoms with Crippen LogP contribution in [-0.4, -0.2) is 57.0 Å². The molecule has 7 N–H and O–H groups in total. The normalized spacial score (nSPS) is 32.3. The molecule has 4 fully saturated rings. The summed E-state index contributed by atoms with van der Waals surface area (Å²) in [5.41, 5.74) is 7.22. The van der Waals surface area contributed by atoms with Crippen molar-refractivity contribution in [3.63, 3.8) is 0 Å². The maximum Gasteiger partial charge on any atom is 0.254 e. The van der Waals surface area contributed by atoms with Gasteiger partial charge in [-0.15, -0.1) is 0 Å². The summed E-state index contributed by atoms with van der Waals surface area (Å²) < 4.78 is 5.62. The van der Waals surface area contributed by atoms with Crippen LogP contribution >= 0.6 is 13.5 Å². The van der Waals surface area contributed by atoms with Crippen molar-refractivity contribution < 1.29 is 19.7 Å². The third kappa shape index (κ3) is 4.48. The van der Waals surface area contributed by atoms with Crippen LogP contribution in [0, 0.1) is 17.8 Å². The van der Waals surface area contributed by atoms with Crippen molar-refractivity contribution in [2.75, 3.05) is 29.1 Å². The first-order chi connectivity index (χ1) is 16.4. The first-order valence-electron chi connectivity index (χ1n) is 12.0. The molecule has 1 aliphatic heterocycles. The molecule has 2 unspecified atom stereocenters. The average Bonchev–Trinajstić information content (AvgIpc) is 2.98. The van der Waals surface area contributed by atoms with E-state index in [-0.39, 0.29) is 37.3 Å². The van der Waals surface area contributed by atoms with Gasteiger partial charge in [-0.3, -0.25) is 4.79 Å². The van der Waals surface area contributed by atoms with Crippen molar-refractivity contribution in [3.05, 3.63) is 30.0 Å². The number of hydrogen-bond acceptors (Lipinski definition) is 9. The van der Waals surface area contributed by atoms with E-state index in [2.05, 4.69) is 25.9 Å². The molecule has 0 radical (unpaired) electrons. The van der Waals surface area contributed by atoms with E-state index in [0.717, 1.165) is 43.5 Å². The Bertz CT molecular complexity index is 1120. The topological polar surface area (TPSA) is 155 Å². The highest BCUT2D eigenvalue weighted by Crippen LogP contribution is 2.56. The number of primary amides is 1. The number of amides is 1. The molecule has 4 bridgehead atoms. The number of nitrogens with one attached hydrogen (secondary N) is 3. The van der Waals surface area contributed by atoms with Crippen LogP contribution in [0.25, 0.3) is 0 Å². The number of aliphatic hydroxyl groups is 2. The van der Waals surface area contributed by atoms with Gasteiger partial charge in [0.1, 0.15) is 24.3 Å². The number of β-amino-alcohol motifs (C(OH)–C–C–N with tert-alkyl or cyclic N) is 1. The molecule has 1 aromatic heterocycles. The number of ether oxygens (including phenoxy) is 1. The lowest BCUT2D eigenvalue weighted by Gasteiger charge is -2.59. The number of benzene rings is 1. The van der Waals surface area contributed by atoms with Crippen molar-refractivity contribution in [2.24, 2.45) is 23.5 Å². The number of aliphatic hydroxyl groups excluding tert-OH is 2. The van der Waals surface area contributed by atoms with E-state index in [0.29, 0.717) is 41.8 Å². The van der Waals surface area contributed by atoms with Gasteiger partial charge in [0, 0.05) is 24.0 Å². The number of rotatable bonds is 5. The summed E-state index contributed by atoms with van der Waals surface area (Å²) in [7, 11) is 0. The van der Waals surface area contributed by atoms with Gasteiger partial charge >= 0.3 is 0 Å². The van der Waals surface area contributed by atoms with E-state index >= 15 is 0 Å². The Hall–Kier alpha value is -2.76. The summed E-state index contributed by atoms with van der Waals surface area (Å²) in [5.74, 6) is 2.04. The van der Waals surface area contributed by atoms with Gasteiger partial charge < -0.3 is 36.6 Å². The summed E-state index contributed by atoms with van der Waals surface area (Å²) in [4.78, 5) is 21.1. The fraction of sp³-hybridized carbons (Fsp3) is 0.542. The lowest BCUT2D eigenvalue weighted by molar-refractivity contribution is -0.0961. The van der Waals surface area contributed by atoms with Crippen LogP contribution in [0.3, 0.4) is 0 Å². The van der Waals surface area contributed by atoms with Gasteiger partial charge in [-0.25, -0.2) is 4.98 Å². The van der Waals surface area contributed by atoms with E-state index < -0.39 is 12.0 Å². The van der Waals surface area contributed by atoms with Gasteiger partial charge in [-0.05, 0) is 68.1 Å².